The Morgan fingerprint density at radius 1 is 1.04 bits per heavy atom. The molecule has 28 heavy (non-hydrogen) atoms. The second-order valence-electron chi connectivity index (χ2n) is 6.41. The molecule has 5 unspecified atom stereocenters. The summed E-state index contributed by atoms with van der Waals surface area (Å²) in [4.78, 5) is 11.0. The number of nitrogens with two attached hydrogens (primary N) is 1. The van der Waals surface area contributed by atoms with Gasteiger partial charge in [0.25, 0.3) is 0 Å². The van der Waals surface area contributed by atoms with Gasteiger partial charge in [-0.25, -0.2) is 4.79 Å². The van der Waals surface area contributed by atoms with Crippen molar-refractivity contribution in [3.63, 3.8) is 0 Å². The minimum absolute atomic E-state index is 0.361. The number of amides is 2. The number of carbonyl (C=O) groups excluding carboxylic acids is 1. The van der Waals surface area contributed by atoms with Gasteiger partial charge in [-0.1, -0.05) is 24.3 Å². The Morgan fingerprint density at radius 3 is 2.39 bits per heavy atom. The minimum atomic E-state index is -1.50. The van der Waals surface area contributed by atoms with E-state index in [9.17, 15) is 25.2 Å². The van der Waals surface area contributed by atoms with E-state index in [4.69, 9.17) is 15.2 Å². The first-order chi connectivity index (χ1) is 13.4. The maximum Gasteiger partial charge on any atom is 0.316 e. The normalized spacial score (nSPS) is 27.2. The van der Waals surface area contributed by atoms with Crippen molar-refractivity contribution >= 4 is 11.7 Å². The third-order valence-electron chi connectivity index (χ3n) is 4.42. The molecule has 1 aliphatic heterocycles. The van der Waals surface area contributed by atoms with Crippen LogP contribution in [0.2, 0.25) is 0 Å². The van der Waals surface area contributed by atoms with E-state index in [1.807, 2.05) is 6.07 Å². The van der Waals surface area contributed by atoms with Gasteiger partial charge in [-0.2, -0.15) is 0 Å². The number of urea groups is 1. The summed E-state index contributed by atoms with van der Waals surface area (Å²) in [6, 6.07) is 13.3. The zero-order chi connectivity index (χ0) is 20.3. The minimum Gasteiger partial charge on any atom is -0.462 e. The molecule has 9 nitrogen and oxygen atoms in total. The highest BCUT2D eigenvalue weighted by molar-refractivity contribution is 5.88. The molecule has 3 rings (SSSR count). The lowest BCUT2D eigenvalue weighted by molar-refractivity contribution is -0.277. The lowest BCUT2D eigenvalue weighted by Gasteiger charge is -2.39. The largest absolute Gasteiger partial charge is 0.462 e. The summed E-state index contributed by atoms with van der Waals surface area (Å²) in [6.07, 6.45) is -6.71. The molecular formula is C19H22N2O7. The molecule has 0 saturated carbocycles. The van der Waals surface area contributed by atoms with Crippen LogP contribution in [0.3, 0.4) is 0 Å². The van der Waals surface area contributed by atoms with Crippen LogP contribution in [-0.4, -0.2) is 63.8 Å². The van der Waals surface area contributed by atoms with Crippen LogP contribution >= 0.6 is 0 Å². The average Bonchev–Trinajstić information content (AvgIpc) is 2.68. The van der Waals surface area contributed by atoms with Gasteiger partial charge in [-0.05, 0) is 35.4 Å². The van der Waals surface area contributed by atoms with E-state index in [-0.39, 0.29) is 0 Å². The lowest BCUT2D eigenvalue weighted by Crippen LogP contribution is -2.60. The number of hydrogen-bond donors (Lipinski definition) is 6. The molecule has 1 saturated heterocycles. The molecule has 0 bridgehead atoms. The van der Waals surface area contributed by atoms with E-state index in [1.165, 1.54) is 0 Å². The molecule has 0 aromatic heterocycles. The van der Waals surface area contributed by atoms with E-state index in [0.29, 0.717) is 11.4 Å². The summed E-state index contributed by atoms with van der Waals surface area (Å²) in [5.74, 6) is 0.361. The molecule has 2 amide bonds. The van der Waals surface area contributed by atoms with E-state index in [1.54, 1.807) is 42.5 Å². The summed E-state index contributed by atoms with van der Waals surface area (Å²) in [5, 5.41) is 41.4. The number of carbonyl (C=O) groups is 1. The Kier molecular flexibility index (Phi) is 6.12. The van der Waals surface area contributed by atoms with Crippen molar-refractivity contribution in [2.75, 3.05) is 11.9 Å². The number of primary amides is 1. The standard InChI is InChI=1S/C19H22N2O7/c20-19(26)21-12-3-1-2-11(8-12)10-4-6-13(7-5-10)27-18-17(25)16(24)15(23)14(9-22)28-18/h1-8,14-18,22-25H,9H2,(H3,20,21,26). The predicted molar refractivity (Wildman–Crippen MR) is 99.5 cm³/mol. The first kappa shape index (κ1) is 20.1. The molecule has 2 aromatic rings. The lowest BCUT2D eigenvalue weighted by atomic mass is 9.99. The van der Waals surface area contributed by atoms with Crippen LogP contribution in [-0.2, 0) is 4.74 Å². The Balaban J connectivity index is 1.72. The van der Waals surface area contributed by atoms with E-state index >= 15 is 0 Å². The maximum absolute atomic E-state index is 11.0. The van der Waals surface area contributed by atoms with Crippen LogP contribution in [0.15, 0.2) is 48.5 Å². The molecule has 0 spiro atoms. The van der Waals surface area contributed by atoms with Gasteiger partial charge in [0.15, 0.2) is 0 Å². The van der Waals surface area contributed by atoms with Crippen LogP contribution < -0.4 is 15.8 Å². The summed E-state index contributed by atoms with van der Waals surface area (Å²) in [7, 11) is 0. The number of anilines is 1. The molecule has 1 heterocycles. The summed E-state index contributed by atoms with van der Waals surface area (Å²) < 4.78 is 10.9. The Hall–Kier alpha value is -2.69. The summed E-state index contributed by atoms with van der Waals surface area (Å²) in [6.45, 7) is -0.528. The molecule has 1 aliphatic rings. The number of ether oxygens (including phenoxy) is 2. The van der Waals surface area contributed by atoms with Crippen LogP contribution in [0.1, 0.15) is 0 Å². The van der Waals surface area contributed by atoms with Crippen LogP contribution in [0.4, 0.5) is 10.5 Å². The van der Waals surface area contributed by atoms with Crippen molar-refractivity contribution in [1.29, 1.82) is 0 Å². The highest BCUT2D eigenvalue weighted by atomic mass is 16.7. The maximum atomic E-state index is 11.0. The van der Waals surface area contributed by atoms with Gasteiger partial charge in [-0.15, -0.1) is 0 Å². The van der Waals surface area contributed by atoms with Gasteiger partial charge in [0.2, 0.25) is 6.29 Å². The monoisotopic (exact) mass is 390 g/mol. The average molecular weight is 390 g/mol. The SMILES string of the molecule is NC(=O)Nc1cccc(-c2ccc(OC3OC(CO)C(O)C(O)C3O)cc2)c1. The number of nitrogens with one attached hydrogen (secondary N) is 1. The van der Waals surface area contributed by atoms with Crippen molar-refractivity contribution in [3.05, 3.63) is 48.5 Å². The van der Waals surface area contributed by atoms with Crippen LogP contribution in [0.25, 0.3) is 11.1 Å². The smallest absolute Gasteiger partial charge is 0.316 e. The predicted octanol–water partition coefficient (Wildman–Crippen LogP) is 0.0229. The van der Waals surface area contributed by atoms with Crippen molar-refractivity contribution in [2.45, 2.75) is 30.7 Å². The van der Waals surface area contributed by atoms with Gasteiger partial charge in [0, 0.05) is 5.69 Å². The Labute approximate surface area is 160 Å². The summed E-state index contributed by atoms with van der Waals surface area (Å²) in [5.41, 5.74) is 7.37. The number of aliphatic hydroxyl groups excluding tert-OH is 4. The number of benzene rings is 2. The van der Waals surface area contributed by atoms with Gasteiger partial charge in [0.05, 0.1) is 6.61 Å². The third-order valence-corrected chi connectivity index (χ3v) is 4.42. The molecular weight excluding hydrogens is 368 g/mol. The number of rotatable bonds is 5. The molecule has 150 valence electrons. The first-order valence-electron chi connectivity index (χ1n) is 8.63. The third kappa shape index (κ3) is 4.41. The van der Waals surface area contributed by atoms with Gasteiger partial charge >= 0.3 is 6.03 Å². The highest BCUT2D eigenvalue weighted by Crippen LogP contribution is 2.27. The van der Waals surface area contributed by atoms with Crippen LogP contribution in [0.5, 0.6) is 5.75 Å². The molecule has 5 atom stereocenters. The van der Waals surface area contributed by atoms with Gasteiger partial charge in [0.1, 0.15) is 30.2 Å². The second-order valence-corrected chi connectivity index (χ2v) is 6.41. The Bertz CT molecular complexity index is 812. The quantitative estimate of drug-likeness (QED) is 0.421. The molecule has 2 aromatic carbocycles. The molecule has 9 heteroatoms. The number of hydrogen-bond acceptors (Lipinski definition) is 7. The fraction of sp³-hybridized carbons (Fsp3) is 0.316. The van der Waals surface area contributed by atoms with Gasteiger partial charge < -0.3 is 41.0 Å². The zero-order valence-corrected chi connectivity index (χ0v) is 14.8. The molecule has 0 radical (unpaired) electrons. The van der Waals surface area contributed by atoms with Gasteiger partial charge in [-0.3, -0.25) is 0 Å². The van der Waals surface area contributed by atoms with Crippen LogP contribution in [0, 0.1) is 0 Å². The van der Waals surface area contributed by atoms with E-state index in [2.05, 4.69) is 5.32 Å². The van der Waals surface area contributed by atoms with Crippen molar-refractivity contribution in [1.82, 2.24) is 0 Å². The zero-order valence-electron chi connectivity index (χ0n) is 14.8. The fourth-order valence-corrected chi connectivity index (χ4v) is 2.94. The van der Waals surface area contributed by atoms with E-state index in [0.717, 1.165) is 11.1 Å². The molecule has 7 N–H and O–H groups in total. The topological polar surface area (TPSA) is 154 Å². The molecule has 1 fully saturated rings. The second kappa shape index (κ2) is 8.55. The van der Waals surface area contributed by atoms with Crippen molar-refractivity contribution in [3.8, 4) is 16.9 Å². The van der Waals surface area contributed by atoms with Crippen molar-refractivity contribution in [2.24, 2.45) is 5.73 Å². The molecule has 0 aliphatic carbocycles. The summed E-state index contributed by atoms with van der Waals surface area (Å²) >= 11 is 0. The first-order valence-corrected chi connectivity index (χ1v) is 8.63. The number of aliphatic hydroxyl groups is 4. The Morgan fingerprint density at radius 2 is 1.75 bits per heavy atom. The van der Waals surface area contributed by atoms with E-state index < -0.39 is 43.3 Å². The fourth-order valence-electron chi connectivity index (χ4n) is 2.94. The highest BCUT2D eigenvalue weighted by Gasteiger charge is 2.44. The van der Waals surface area contributed by atoms with Crippen molar-refractivity contribution < 1.29 is 34.7 Å².